The first-order chi connectivity index (χ1) is 13.5. The summed E-state index contributed by atoms with van der Waals surface area (Å²) in [5, 5.41) is 13.3. The first kappa shape index (κ1) is 19.2. The quantitative estimate of drug-likeness (QED) is 0.633. The summed E-state index contributed by atoms with van der Waals surface area (Å²) in [5.74, 6) is 2.80. The van der Waals surface area contributed by atoms with E-state index in [0.29, 0.717) is 41.0 Å². The number of carbonyl (C=O) groups is 1. The van der Waals surface area contributed by atoms with Gasteiger partial charge in [-0.15, -0.1) is 0 Å². The predicted octanol–water partition coefficient (Wildman–Crippen LogP) is 3.49. The van der Waals surface area contributed by atoms with E-state index in [1.165, 1.54) is 19.3 Å². The molecule has 0 bridgehead atoms. The Labute approximate surface area is 166 Å². The minimum atomic E-state index is -0.118. The van der Waals surface area contributed by atoms with Gasteiger partial charge in [0, 0.05) is 19.0 Å². The van der Waals surface area contributed by atoms with Gasteiger partial charge in [0.15, 0.2) is 0 Å². The minimum Gasteiger partial charge on any atom is -0.506 e. The molecule has 2 unspecified atom stereocenters. The number of aromatic hydroxyl groups is 1. The molecule has 6 nitrogen and oxygen atoms in total. The maximum absolute atomic E-state index is 12.8. The Morgan fingerprint density at radius 2 is 1.96 bits per heavy atom. The molecular weight excluding hydrogens is 352 g/mol. The third-order valence-electron chi connectivity index (χ3n) is 6.64. The molecule has 2 aliphatic rings. The van der Waals surface area contributed by atoms with E-state index in [9.17, 15) is 9.90 Å². The lowest BCUT2D eigenvalue weighted by Crippen LogP contribution is -2.34. The summed E-state index contributed by atoms with van der Waals surface area (Å²) in [6, 6.07) is 3.57. The van der Waals surface area contributed by atoms with E-state index in [0.717, 1.165) is 43.8 Å². The highest BCUT2D eigenvalue weighted by Crippen LogP contribution is 2.33. The zero-order chi connectivity index (χ0) is 19.7. The number of hydrogen-bond donors (Lipinski definition) is 4. The Bertz CT molecular complexity index is 838. The monoisotopic (exact) mass is 384 g/mol. The number of hydrogen-bond acceptors (Lipinski definition) is 4. The summed E-state index contributed by atoms with van der Waals surface area (Å²) < 4.78 is 0. The van der Waals surface area contributed by atoms with E-state index in [-0.39, 0.29) is 11.7 Å². The first-order valence-corrected chi connectivity index (χ1v) is 10.7. The number of rotatable bonds is 5. The summed E-state index contributed by atoms with van der Waals surface area (Å²) in [5.41, 5.74) is 7.64. The van der Waals surface area contributed by atoms with E-state index >= 15 is 0 Å². The smallest absolute Gasteiger partial charge is 0.253 e. The largest absolute Gasteiger partial charge is 0.506 e. The molecule has 1 aromatic carbocycles. The van der Waals surface area contributed by atoms with E-state index in [1.54, 1.807) is 12.1 Å². The Morgan fingerprint density at radius 1 is 1.21 bits per heavy atom. The molecule has 0 radical (unpaired) electrons. The third kappa shape index (κ3) is 4.17. The van der Waals surface area contributed by atoms with E-state index < -0.39 is 0 Å². The maximum atomic E-state index is 12.8. The van der Waals surface area contributed by atoms with Crippen LogP contribution in [0.15, 0.2) is 12.1 Å². The highest BCUT2D eigenvalue weighted by molar-refractivity contribution is 6.06. The lowest BCUT2D eigenvalue weighted by atomic mass is 9.86. The van der Waals surface area contributed by atoms with Gasteiger partial charge in [0.25, 0.3) is 5.91 Å². The molecular formula is C22H32N4O2. The number of phenols is 1. The first-order valence-electron chi connectivity index (χ1n) is 10.7. The van der Waals surface area contributed by atoms with Crippen molar-refractivity contribution in [3.8, 4) is 5.75 Å². The number of nitrogens with zero attached hydrogens (tertiary/aromatic N) is 1. The number of amides is 1. The molecule has 2 saturated carbocycles. The SMILES string of the molecule is CC1CCC(Cc2nc3c(C(=O)NC[C@H]4CC[C@@H](N)CC4)ccc(O)c3[nH]2)C1. The van der Waals surface area contributed by atoms with Crippen molar-refractivity contribution in [1.29, 1.82) is 0 Å². The molecule has 28 heavy (non-hydrogen) atoms. The van der Waals surface area contributed by atoms with Crippen LogP contribution in [0.4, 0.5) is 0 Å². The number of aromatic nitrogens is 2. The van der Waals surface area contributed by atoms with Crippen LogP contribution >= 0.6 is 0 Å². The van der Waals surface area contributed by atoms with Crippen molar-refractivity contribution in [2.24, 2.45) is 23.5 Å². The number of nitrogens with one attached hydrogen (secondary N) is 2. The Morgan fingerprint density at radius 3 is 2.68 bits per heavy atom. The van der Waals surface area contributed by atoms with Gasteiger partial charge in [-0.05, 0) is 68.4 Å². The van der Waals surface area contributed by atoms with Crippen molar-refractivity contribution < 1.29 is 9.90 Å². The Kier molecular flexibility index (Phi) is 5.58. The zero-order valence-electron chi connectivity index (χ0n) is 16.7. The molecule has 6 heteroatoms. The summed E-state index contributed by atoms with van der Waals surface area (Å²) in [4.78, 5) is 20.8. The highest BCUT2D eigenvalue weighted by Gasteiger charge is 2.24. The lowest BCUT2D eigenvalue weighted by molar-refractivity contribution is 0.0944. The summed E-state index contributed by atoms with van der Waals surface area (Å²) in [7, 11) is 0. The van der Waals surface area contributed by atoms with Crippen molar-refractivity contribution in [2.75, 3.05) is 6.54 Å². The fourth-order valence-corrected chi connectivity index (χ4v) is 4.92. The number of nitrogens with two attached hydrogens (primary N) is 1. The van der Waals surface area contributed by atoms with Crippen molar-refractivity contribution in [3.63, 3.8) is 0 Å². The molecule has 2 aromatic rings. The molecule has 2 aliphatic carbocycles. The number of carbonyl (C=O) groups excluding carboxylic acids is 1. The highest BCUT2D eigenvalue weighted by atomic mass is 16.3. The van der Waals surface area contributed by atoms with Gasteiger partial charge < -0.3 is 21.1 Å². The van der Waals surface area contributed by atoms with Gasteiger partial charge in [-0.3, -0.25) is 4.79 Å². The second kappa shape index (κ2) is 8.11. The summed E-state index contributed by atoms with van der Waals surface area (Å²) in [6.45, 7) is 2.97. The average Bonchev–Trinajstić information content (AvgIpc) is 3.28. The fourth-order valence-electron chi connectivity index (χ4n) is 4.92. The average molecular weight is 385 g/mol. The minimum absolute atomic E-state index is 0.118. The molecule has 1 aromatic heterocycles. The molecule has 5 N–H and O–H groups in total. The van der Waals surface area contributed by atoms with Gasteiger partial charge in [-0.25, -0.2) is 4.98 Å². The molecule has 0 saturated heterocycles. The topological polar surface area (TPSA) is 104 Å². The van der Waals surface area contributed by atoms with Crippen LogP contribution < -0.4 is 11.1 Å². The van der Waals surface area contributed by atoms with Gasteiger partial charge in [0.05, 0.1) is 5.56 Å². The Hall–Kier alpha value is -2.08. The van der Waals surface area contributed by atoms with Gasteiger partial charge >= 0.3 is 0 Å². The molecule has 0 aliphatic heterocycles. The molecule has 0 spiro atoms. The summed E-state index contributed by atoms with van der Waals surface area (Å²) in [6.07, 6.45) is 8.80. The van der Waals surface area contributed by atoms with Gasteiger partial charge in [0.2, 0.25) is 0 Å². The van der Waals surface area contributed by atoms with Crippen LogP contribution in [0.25, 0.3) is 11.0 Å². The third-order valence-corrected chi connectivity index (χ3v) is 6.64. The van der Waals surface area contributed by atoms with Gasteiger partial charge in [-0.2, -0.15) is 0 Å². The normalized spacial score (nSPS) is 27.9. The van der Waals surface area contributed by atoms with Crippen molar-refractivity contribution in [3.05, 3.63) is 23.5 Å². The van der Waals surface area contributed by atoms with E-state index in [1.807, 2.05) is 0 Å². The number of phenolic OH excluding ortho intramolecular Hbond substituents is 1. The van der Waals surface area contributed by atoms with Crippen LogP contribution in [-0.2, 0) is 6.42 Å². The lowest BCUT2D eigenvalue weighted by Gasteiger charge is -2.26. The fraction of sp³-hybridized carbons (Fsp3) is 0.636. The number of H-pyrrole nitrogens is 1. The molecule has 2 fully saturated rings. The van der Waals surface area contributed by atoms with E-state index in [4.69, 9.17) is 10.7 Å². The predicted molar refractivity (Wildman–Crippen MR) is 110 cm³/mol. The molecule has 152 valence electrons. The van der Waals surface area contributed by atoms with Crippen LogP contribution in [0.1, 0.15) is 68.1 Å². The molecule has 1 heterocycles. The second-order valence-electron chi connectivity index (χ2n) is 9.02. The zero-order valence-corrected chi connectivity index (χ0v) is 16.7. The van der Waals surface area contributed by atoms with E-state index in [2.05, 4.69) is 17.2 Å². The van der Waals surface area contributed by atoms with Crippen LogP contribution in [0.2, 0.25) is 0 Å². The van der Waals surface area contributed by atoms with Crippen LogP contribution in [0.5, 0.6) is 5.75 Å². The van der Waals surface area contributed by atoms with Crippen LogP contribution in [0.3, 0.4) is 0 Å². The van der Waals surface area contributed by atoms with Crippen LogP contribution in [0, 0.1) is 17.8 Å². The molecule has 2 atom stereocenters. The number of aromatic amines is 1. The van der Waals surface area contributed by atoms with Gasteiger partial charge in [0.1, 0.15) is 22.6 Å². The summed E-state index contributed by atoms with van der Waals surface area (Å²) >= 11 is 0. The maximum Gasteiger partial charge on any atom is 0.253 e. The number of benzene rings is 1. The molecule has 4 rings (SSSR count). The van der Waals surface area contributed by atoms with Gasteiger partial charge in [-0.1, -0.05) is 13.3 Å². The van der Waals surface area contributed by atoms with Crippen molar-refractivity contribution in [2.45, 2.75) is 64.3 Å². The standard InChI is InChI=1S/C22H32N4O2/c1-13-2-3-15(10-13)11-19-25-20-17(8-9-18(27)21(20)26-19)22(28)24-12-14-4-6-16(23)7-5-14/h8-9,13-16,27H,2-7,10-12,23H2,1H3,(H,24,28)(H,25,26)/t13?,14-,15?,16+. The second-order valence-corrected chi connectivity index (χ2v) is 9.02. The van der Waals surface area contributed by atoms with Crippen LogP contribution in [-0.4, -0.2) is 33.6 Å². The number of imidazole rings is 1. The molecule has 1 amide bonds. The van der Waals surface area contributed by atoms with Crippen molar-refractivity contribution in [1.82, 2.24) is 15.3 Å². The number of fused-ring (bicyclic) bond motifs is 1. The Balaban J connectivity index is 1.47. The van der Waals surface area contributed by atoms with Crippen molar-refractivity contribution >= 4 is 16.9 Å².